The van der Waals surface area contributed by atoms with E-state index in [1.54, 1.807) is 18.2 Å². The molecular weight excluding hydrogens is 199 g/mol. The zero-order valence-electron chi connectivity index (χ0n) is 7.23. The fraction of sp³-hybridized carbons (Fsp3) is 0. The number of hydrogen-bond donors (Lipinski definition) is 3. The van der Waals surface area contributed by atoms with Crippen molar-refractivity contribution in [3.8, 4) is 5.75 Å². The molecule has 1 aromatic carbocycles. The molecule has 0 saturated heterocycles. The maximum absolute atomic E-state index is 10.5. The molecule has 0 saturated carbocycles. The predicted octanol–water partition coefficient (Wildman–Crippen LogP) is -2.92. The van der Waals surface area contributed by atoms with Crippen molar-refractivity contribution < 1.29 is 39.5 Å². The van der Waals surface area contributed by atoms with Crippen LogP contribution in [0, 0.1) is 0 Å². The predicted molar refractivity (Wildman–Crippen MR) is 46.9 cm³/mol. The minimum Gasteiger partial charge on any atom is -0.872 e. The second kappa shape index (κ2) is 8.25. The second-order valence-electron chi connectivity index (χ2n) is 1.87. The van der Waals surface area contributed by atoms with Crippen LogP contribution in [-0.4, -0.2) is 6.03 Å². The summed E-state index contributed by atoms with van der Waals surface area (Å²) >= 11 is 3.89. The molecule has 0 radical (unpaired) electrons. The summed E-state index contributed by atoms with van der Waals surface area (Å²) in [7, 11) is 0. The Balaban J connectivity index is 0. The monoisotopic (exact) mass is 208 g/mol. The molecule has 0 bridgehead atoms. The smallest absolute Gasteiger partial charge is 0.872 e. The summed E-state index contributed by atoms with van der Waals surface area (Å²) in [5.41, 5.74) is 8.50. The third-order valence-corrected chi connectivity index (χ3v) is 1.23. The molecule has 1 rings (SSSR count). The molecule has 4 N–H and O–H groups in total. The van der Waals surface area contributed by atoms with E-state index in [2.05, 4.69) is 24.1 Å². The summed E-state index contributed by atoms with van der Waals surface area (Å²) in [6.07, 6.45) is 0. The van der Waals surface area contributed by atoms with Crippen LogP contribution < -0.4 is 46.1 Å². The van der Waals surface area contributed by atoms with E-state index in [1.165, 1.54) is 6.07 Å². The summed E-state index contributed by atoms with van der Waals surface area (Å²) in [5.74, 6) is -0.0177. The Bertz CT molecular complexity index is 245. The van der Waals surface area contributed by atoms with Gasteiger partial charge in [-0.15, -0.1) is 12.6 Å². The minimum atomic E-state index is -0.833. The van der Waals surface area contributed by atoms with E-state index in [-0.39, 0.29) is 35.3 Å². The van der Waals surface area contributed by atoms with Crippen LogP contribution in [0.5, 0.6) is 5.75 Å². The summed E-state index contributed by atoms with van der Waals surface area (Å²) < 4.78 is 0. The summed E-state index contributed by atoms with van der Waals surface area (Å²) in [5, 5.41) is 10.5. The number of thiol groups is 1. The fourth-order valence-electron chi connectivity index (χ4n) is 0.457. The third kappa shape index (κ3) is 9.55. The third-order valence-electron chi connectivity index (χ3n) is 0.865. The van der Waals surface area contributed by atoms with E-state index in [4.69, 9.17) is 4.79 Å². The topological polar surface area (TPSA) is 92.2 Å². The van der Waals surface area contributed by atoms with Gasteiger partial charge in [0.25, 0.3) is 0 Å². The number of nitrogens with two attached hydrogens (primary N) is 2. The van der Waals surface area contributed by atoms with Crippen LogP contribution in [0.2, 0.25) is 0 Å². The maximum atomic E-state index is 10.5. The van der Waals surface area contributed by atoms with Gasteiger partial charge in [-0.3, -0.25) is 0 Å². The first-order valence-electron chi connectivity index (χ1n) is 3.04. The summed E-state index contributed by atoms with van der Waals surface area (Å²) in [4.78, 5) is 9.51. The number of carbonyl (C=O) groups excluding carboxylic acids is 1. The molecule has 0 aliphatic carbocycles. The van der Waals surface area contributed by atoms with Crippen LogP contribution in [0.15, 0.2) is 29.2 Å². The van der Waals surface area contributed by atoms with Crippen LogP contribution in [0.4, 0.5) is 4.79 Å². The Morgan fingerprint density at radius 3 is 1.92 bits per heavy atom. The second-order valence-corrected chi connectivity index (χ2v) is 2.35. The number of hydrogen-bond acceptors (Lipinski definition) is 3. The van der Waals surface area contributed by atoms with Crippen LogP contribution >= 0.6 is 12.6 Å². The quantitative estimate of drug-likeness (QED) is 0.315. The van der Waals surface area contributed by atoms with Gasteiger partial charge in [0, 0.05) is 0 Å². The van der Waals surface area contributed by atoms with E-state index in [0.717, 1.165) is 0 Å². The van der Waals surface area contributed by atoms with E-state index in [0.29, 0.717) is 4.90 Å². The van der Waals surface area contributed by atoms with E-state index >= 15 is 0 Å². The van der Waals surface area contributed by atoms with Gasteiger partial charge in [0.15, 0.2) is 0 Å². The first-order valence-corrected chi connectivity index (χ1v) is 3.48. The minimum absolute atomic E-state index is 0. The molecule has 0 aliphatic rings. The van der Waals surface area contributed by atoms with Gasteiger partial charge in [-0.05, 0) is 11.0 Å². The molecule has 0 heterocycles. The molecule has 66 valence electrons. The standard InChI is InChI=1S/C6H6OS.CH4N2O.Na/c7-5-3-1-2-4-6(5)8;2-1(3)4;/h1-4,7-8H;(H4,2,3,4);/q;;+1/p-1. The van der Waals surface area contributed by atoms with Crippen molar-refractivity contribution in [3.63, 3.8) is 0 Å². The van der Waals surface area contributed by atoms with Gasteiger partial charge in [-0.25, -0.2) is 4.79 Å². The van der Waals surface area contributed by atoms with Crippen LogP contribution in [0.1, 0.15) is 0 Å². The zero-order chi connectivity index (χ0) is 9.56. The number of urea groups is 1. The number of benzene rings is 1. The molecule has 1 aromatic rings. The SMILES string of the molecule is NC(N)=O.[Na+].[O-]c1ccccc1S. The Labute approximate surface area is 104 Å². The van der Waals surface area contributed by atoms with Crippen LogP contribution in [0.25, 0.3) is 0 Å². The van der Waals surface area contributed by atoms with Crippen molar-refractivity contribution in [2.24, 2.45) is 11.5 Å². The number of rotatable bonds is 0. The zero-order valence-corrected chi connectivity index (χ0v) is 10.1. The summed E-state index contributed by atoms with van der Waals surface area (Å²) in [6, 6.07) is 5.81. The molecule has 0 fully saturated rings. The average molecular weight is 208 g/mol. The molecule has 0 aliphatic heterocycles. The van der Waals surface area contributed by atoms with E-state index < -0.39 is 6.03 Å². The van der Waals surface area contributed by atoms with Crippen molar-refractivity contribution in [2.75, 3.05) is 0 Å². The molecule has 0 unspecified atom stereocenters. The van der Waals surface area contributed by atoms with Crippen molar-refractivity contribution in [3.05, 3.63) is 24.3 Å². The first kappa shape index (κ1) is 15.1. The van der Waals surface area contributed by atoms with Gasteiger partial charge < -0.3 is 16.6 Å². The molecule has 0 aromatic heterocycles. The number of carbonyl (C=O) groups is 1. The van der Waals surface area contributed by atoms with Crippen molar-refractivity contribution in [1.29, 1.82) is 0 Å². The van der Waals surface area contributed by atoms with Gasteiger partial charge in [0.1, 0.15) is 0 Å². The van der Waals surface area contributed by atoms with Gasteiger partial charge in [0.2, 0.25) is 0 Å². The Kier molecular flexibility index (Phi) is 9.60. The van der Waals surface area contributed by atoms with Crippen molar-refractivity contribution in [2.45, 2.75) is 4.90 Å². The first-order chi connectivity index (χ1) is 5.54. The largest absolute Gasteiger partial charge is 1.00 e. The maximum Gasteiger partial charge on any atom is 1.00 e. The molecule has 13 heavy (non-hydrogen) atoms. The molecular formula is C7H9N2NaO2S. The number of amides is 2. The molecule has 2 amide bonds. The Morgan fingerprint density at radius 2 is 1.69 bits per heavy atom. The van der Waals surface area contributed by atoms with Crippen molar-refractivity contribution in [1.82, 2.24) is 0 Å². The Morgan fingerprint density at radius 1 is 1.31 bits per heavy atom. The normalized spacial score (nSPS) is 7.46. The van der Waals surface area contributed by atoms with E-state index in [9.17, 15) is 5.11 Å². The molecule has 4 nitrogen and oxygen atoms in total. The molecule has 0 atom stereocenters. The number of primary amides is 2. The average Bonchev–Trinajstić information content (AvgIpc) is 1.94. The summed E-state index contributed by atoms with van der Waals surface area (Å²) in [6.45, 7) is 0. The Hall–Kier alpha value is -0.360. The van der Waals surface area contributed by atoms with Gasteiger partial charge >= 0.3 is 35.6 Å². The van der Waals surface area contributed by atoms with Crippen LogP contribution in [0.3, 0.4) is 0 Å². The molecule has 0 spiro atoms. The van der Waals surface area contributed by atoms with E-state index in [1.807, 2.05) is 0 Å². The van der Waals surface area contributed by atoms with Crippen molar-refractivity contribution >= 4 is 18.7 Å². The fourth-order valence-corrected chi connectivity index (χ4v) is 0.618. The van der Waals surface area contributed by atoms with Crippen LogP contribution in [-0.2, 0) is 0 Å². The van der Waals surface area contributed by atoms with Gasteiger partial charge in [-0.2, -0.15) is 0 Å². The molecule has 6 heteroatoms. The number of para-hydroxylation sites is 1. The van der Waals surface area contributed by atoms with Gasteiger partial charge in [-0.1, -0.05) is 23.9 Å². The van der Waals surface area contributed by atoms with Gasteiger partial charge in [0.05, 0.1) is 0 Å².